The van der Waals surface area contributed by atoms with Gasteiger partial charge in [-0.2, -0.15) is 0 Å². The first kappa shape index (κ1) is 17.9. The van der Waals surface area contributed by atoms with Crippen LogP contribution in [0, 0.1) is 13.8 Å². The molecule has 0 saturated heterocycles. The maximum absolute atomic E-state index is 12.3. The number of carbonyl (C=O) groups excluding carboxylic acids is 1. The van der Waals surface area contributed by atoms with E-state index < -0.39 is 0 Å². The first-order valence-corrected chi connectivity index (χ1v) is 8.99. The molecule has 0 aliphatic carbocycles. The summed E-state index contributed by atoms with van der Waals surface area (Å²) in [5.74, 6) is 3.19. The summed E-state index contributed by atoms with van der Waals surface area (Å²) in [5.41, 5.74) is 2.84. The molecule has 0 spiro atoms. The molecule has 0 unspecified atom stereocenters. The van der Waals surface area contributed by atoms with Gasteiger partial charge in [0.15, 0.2) is 17.3 Å². The first-order valence-electron chi connectivity index (χ1n) is 8.99. The fourth-order valence-corrected chi connectivity index (χ4v) is 3.04. The number of rotatable bonds is 6. The molecule has 0 atom stereocenters. The monoisotopic (exact) mass is 376 g/mol. The number of carbonyl (C=O) groups is 1. The van der Waals surface area contributed by atoms with Crippen LogP contribution in [-0.2, 0) is 6.61 Å². The molecule has 28 heavy (non-hydrogen) atoms. The summed E-state index contributed by atoms with van der Waals surface area (Å²) in [7, 11) is 0. The van der Waals surface area contributed by atoms with Crippen LogP contribution in [0.3, 0.4) is 0 Å². The lowest BCUT2D eigenvalue weighted by Gasteiger charge is -2.06. The van der Waals surface area contributed by atoms with Crippen LogP contribution in [0.15, 0.2) is 59.0 Å². The summed E-state index contributed by atoms with van der Waals surface area (Å²) in [6.45, 7) is 4.58. The Labute approximate surface area is 163 Å². The van der Waals surface area contributed by atoms with Crippen LogP contribution < -0.4 is 14.2 Å². The van der Waals surface area contributed by atoms with Crippen LogP contribution >= 0.6 is 0 Å². The summed E-state index contributed by atoms with van der Waals surface area (Å²) in [5, 5.41) is 0. The molecule has 5 heteroatoms. The zero-order chi connectivity index (χ0) is 19.5. The van der Waals surface area contributed by atoms with Gasteiger partial charge in [-0.3, -0.25) is 4.79 Å². The van der Waals surface area contributed by atoms with E-state index in [1.54, 1.807) is 24.3 Å². The molecule has 0 saturated carbocycles. The molecule has 4 rings (SSSR count). The largest absolute Gasteiger partial charge is 0.486 e. The van der Waals surface area contributed by atoms with Gasteiger partial charge in [0.2, 0.25) is 6.79 Å². The van der Waals surface area contributed by atoms with Gasteiger partial charge in [0.25, 0.3) is 0 Å². The van der Waals surface area contributed by atoms with E-state index in [0.717, 1.165) is 16.9 Å². The highest BCUT2D eigenvalue weighted by atomic mass is 16.7. The fraction of sp³-hybridized carbons (Fsp3) is 0.174. The Balaban J connectivity index is 1.38. The van der Waals surface area contributed by atoms with Crippen LogP contribution in [0.1, 0.15) is 33.0 Å². The highest BCUT2D eigenvalue weighted by molar-refractivity contribution is 6.07. The van der Waals surface area contributed by atoms with Gasteiger partial charge in [0.1, 0.15) is 23.9 Å². The fourth-order valence-electron chi connectivity index (χ4n) is 3.04. The molecule has 1 aromatic heterocycles. The van der Waals surface area contributed by atoms with Crippen molar-refractivity contribution < 1.29 is 23.4 Å². The maximum atomic E-state index is 12.3. The van der Waals surface area contributed by atoms with E-state index in [4.69, 9.17) is 18.6 Å². The number of hydrogen-bond donors (Lipinski definition) is 0. The number of ketones is 1. The minimum atomic E-state index is -0.136. The Hall–Kier alpha value is -3.47. The molecular weight excluding hydrogens is 356 g/mol. The highest BCUT2D eigenvalue weighted by Gasteiger charge is 2.15. The highest BCUT2D eigenvalue weighted by Crippen LogP contribution is 2.32. The molecule has 142 valence electrons. The number of furan rings is 1. The molecule has 0 fully saturated rings. The molecule has 2 aromatic carbocycles. The van der Waals surface area contributed by atoms with Crippen molar-refractivity contribution in [2.24, 2.45) is 0 Å². The average Bonchev–Trinajstić information content (AvgIpc) is 3.32. The Kier molecular flexibility index (Phi) is 4.89. The number of fused-ring (bicyclic) bond motifs is 1. The Morgan fingerprint density at radius 3 is 2.61 bits per heavy atom. The molecule has 5 nitrogen and oxygen atoms in total. The van der Waals surface area contributed by atoms with Crippen LogP contribution in [-0.4, -0.2) is 12.6 Å². The Morgan fingerprint density at radius 2 is 1.79 bits per heavy atom. The number of allylic oxidation sites excluding steroid dienone is 1. The topological polar surface area (TPSA) is 57.9 Å². The third-order valence-corrected chi connectivity index (χ3v) is 4.31. The SMILES string of the molecule is Cc1cc(C)cc(OCc2ccc(/C=C/C(=O)c3ccc4c(c3)OCO4)o2)c1. The zero-order valence-corrected chi connectivity index (χ0v) is 15.7. The van der Waals surface area contributed by atoms with Crippen LogP contribution in [0.25, 0.3) is 6.08 Å². The Bertz CT molecular complexity index is 1020. The molecule has 0 bridgehead atoms. The van der Waals surface area contributed by atoms with Crippen molar-refractivity contribution in [3.63, 3.8) is 0 Å². The third-order valence-electron chi connectivity index (χ3n) is 4.31. The van der Waals surface area contributed by atoms with E-state index in [-0.39, 0.29) is 12.6 Å². The van der Waals surface area contributed by atoms with Crippen molar-refractivity contribution >= 4 is 11.9 Å². The van der Waals surface area contributed by atoms with Gasteiger partial charge in [-0.25, -0.2) is 0 Å². The van der Waals surface area contributed by atoms with Crippen molar-refractivity contribution in [3.8, 4) is 17.2 Å². The molecule has 0 N–H and O–H groups in total. The lowest BCUT2D eigenvalue weighted by molar-refractivity contribution is 0.104. The molecule has 1 aliphatic heterocycles. The molecule has 3 aromatic rings. The van der Waals surface area contributed by atoms with E-state index >= 15 is 0 Å². The number of hydrogen-bond acceptors (Lipinski definition) is 5. The summed E-state index contributed by atoms with van der Waals surface area (Å²) in [6.07, 6.45) is 3.12. The van der Waals surface area contributed by atoms with Crippen molar-refractivity contribution in [2.75, 3.05) is 6.79 Å². The summed E-state index contributed by atoms with van der Waals surface area (Å²) < 4.78 is 22.1. The second-order valence-corrected chi connectivity index (χ2v) is 6.68. The second kappa shape index (κ2) is 7.64. The quantitative estimate of drug-likeness (QED) is 0.442. The number of ether oxygens (including phenoxy) is 3. The normalized spacial score (nSPS) is 12.5. The summed E-state index contributed by atoms with van der Waals surface area (Å²) >= 11 is 0. The molecular formula is C23H20O5. The summed E-state index contributed by atoms with van der Waals surface area (Å²) in [6, 6.07) is 14.9. The average molecular weight is 376 g/mol. The second-order valence-electron chi connectivity index (χ2n) is 6.68. The number of aryl methyl sites for hydroxylation is 2. The van der Waals surface area contributed by atoms with E-state index in [2.05, 4.69) is 6.07 Å². The van der Waals surface area contributed by atoms with E-state index in [1.165, 1.54) is 6.08 Å². The maximum Gasteiger partial charge on any atom is 0.231 e. The van der Waals surface area contributed by atoms with E-state index in [0.29, 0.717) is 35.2 Å². The van der Waals surface area contributed by atoms with Gasteiger partial charge >= 0.3 is 0 Å². The Morgan fingerprint density at radius 1 is 1.00 bits per heavy atom. The smallest absolute Gasteiger partial charge is 0.231 e. The van der Waals surface area contributed by atoms with Gasteiger partial charge in [0, 0.05) is 5.56 Å². The van der Waals surface area contributed by atoms with E-state index in [1.807, 2.05) is 38.1 Å². The van der Waals surface area contributed by atoms with Crippen molar-refractivity contribution in [1.82, 2.24) is 0 Å². The van der Waals surface area contributed by atoms with Gasteiger partial charge in [-0.15, -0.1) is 0 Å². The van der Waals surface area contributed by atoms with Gasteiger partial charge < -0.3 is 18.6 Å². The first-order chi connectivity index (χ1) is 13.6. The molecule has 0 amide bonds. The van der Waals surface area contributed by atoms with Crippen LogP contribution in [0.2, 0.25) is 0 Å². The third kappa shape index (κ3) is 4.09. The standard InChI is InChI=1S/C23H20O5/c1-15-9-16(2)11-20(10-15)25-13-19-5-4-18(28-19)6-7-21(24)17-3-8-22-23(12-17)27-14-26-22/h3-12H,13-14H2,1-2H3/b7-6+. The molecule has 1 aliphatic rings. The van der Waals surface area contributed by atoms with Crippen molar-refractivity contribution in [2.45, 2.75) is 20.5 Å². The summed E-state index contributed by atoms with van der Waals surface area (Å²) in [4.78, 5) is 12.3. The molecule has 0 radical (unpaired) electrons. The molecule has 2 heterocycles. The van der Waals surface area contributed by atoms with Crippen LogP contribution in [0.5, 0.6) is 17.2 Å². The lowest BCUT2D eigenvalue weighted by atomic mass is 10.1. The van der Waals surface area contributed by atoms with Crippen molar-refractivity contribution in [1.29, 1.82) is 0 Å². The lowest BCUT2D eigenvalue weighted by Crippen LogP contribution is -1.95. The zero-order valence-electron chi connectivity index (χ0n) is 15.7. The van der Waals surface area contributed by atoms with Gasteiger partial charge in [-0.05, 0) is 79.6 Å². The minimum Gasteiger partial charge on any atom is -0.486 e. The number of benzene rings is 2. The van der Waals surface area contributed by atoms with E-state index in [9.17, 15) is 4.79 Å². The van der Waals surface area contributed by atoms with Crippen molar-refractivity contribution in [3.05, 3.63) is 82.8 Å². The minimum absolute atomic E-state index is 0.136. The predicted octanol–water partition coefficient (Wildman–Crippen LogP) is 5.10. The van der Waals surface area contributed by atoms with Gasteiger partial charge in [-0.1, -0.05) is 6.07 Å². The van der Waals surface area contributed by atoms with Gasteiger partial charge in [0.05, 0.1) is 0 Å². The predicted molar refractivity (Wildman–Crippen MR) is 105 cm³/mol. The van der Waals surface area contributed by atoms with Crippen LogP contribution in [0.4, 0.5) is 0 Å².